The van der Waals surface area contributed by atoms with Crippen molar-refractivity contribution in [2.75, 3.05) is 13.1 Å². The van der Waals surface area contributed by atoms with Gasteiger partial charge in [-0.2, -0.15) is 0 Å². The molecule has 0 bridgehead atoms. The van der Waals surface area contributed by atoms with Crippen LogP contribution in [-0.4, -0.2) is 36.0 Å². The van der Waals surface area contributed by atoms with Crippen LogP contribution in [0.4, 0.5) is 4.39 Å². The van der Waals surface area contributed by atoms with Gasteiger partial charge < -0.3 is 10.2 Å². The molecule has 3 nitrogen and oxygen atoms in total. The second-order valence-corrected chi connectivity index (χ2v) is 6.47. The molecular weight excluding hydrogens is 323 g/mol. The Hall–Kier alpha value is -0.940. The summed E-state index contributed by atoms with van der Waals surface area (Å²) in [4.78, 5) is 14.5. The van der Waals surface area contributed by atoms with E-state index < -0.39 is 0 Å². The molecule has 1 saturated carbocycles. The molecule has 1 amide bonds. The van der Waals surface area contributed by atoms with E-state index >= 15 is 0 Å². The van der Waals surface area contributed by atoms with Crippen molar-refractivity contribution in [3.8, 4) is 0 Å². The van der Waals surface area contributed by atoms with Crippen LogP contribution in [0.5, 0.6) is 0 Å². The van der Waals surface area contributed by atoms with Crippen molar-refractivity contribution in [2.45, 2.75) is 37.8 Å². The lowest BCUT2D eigenvalue weighted by Crippen LogP contribution is -2.42. The average molecular weight is 341 g/mol. The second-order valence-electron chi connectivity index (χ2n) is 5.61. The van der Waals surface area contributed by atoms with Crippen molar-refractivity contribution in [1.82, 2.24) is 10.2 Å². The number of benzene rings is 1. The summed E-state index contributed by atoms with van der Waals surface area (Å²) >= 11 is 3.12. The minimum atomic E-state index is -0.384. The molecule has 1 unspecified atom stereocenters. The number of nitrogens with one attached hydrogen (secondary N) is 1. The summed E-state index contributed by atoms with van der Waals surface area (Å²) in [5, 5.41) is 3.42. The van der Waals surface area contributed by atoms with Gasteiger partial charge in [0.1, 0.15) is 5.82 Å². The maximum Gasteiger partial charge on any atom is 0.254 e. The molecule has 1 atom stereocenters. The van der Waals surface area contributed by atoms with Crippen LogP contribution in [0.1, 0.15) is 36.0 Å². The number of hydrogen-bond acceptors (Lipinski definition) is 2. The van der Waals surface area contributed by atoms with Crippen molar-refractivity contribution in [2.24, 2.45) is 0 Å². The first-order valence-electron chi connectivity index (χ1n) is 7.14. The van der Waals surface area contributed by atoms with Gasteiger partial charge in [-0.25, -0.2) is 4.39 Å². The topological polar surface area (TPSA) is 32.3 Å². The molecule has 5 heteroatoms. The van der Waals surface area contributed by atoms with Gasteiger partial charge in [-0.3, -0.25) is 4.79 Å². The summed E-state index contributed by atoms with van der Waals surface area (Å²) in [6.07, 6.45) is 4.42. The van der Waals surface area contributed by atoms with E-state index in [0.717, 1.165) is 32.4 Å². The molecule has 1 aromatic carbocycles. The summed E-state index contributed by atoms with van der Waals surface area (Å²) in [6.45, 7) is 1.77. The first kappa shape index (κ1) is 14.0. The van der Waals surface area contributed by atoms with E-state index in [1.54, 1.807) is 12.1 Å². The fourth-order valence-corrected chi connectivity index (χ4v) is 2.98. The van der Waals surface area contributed by atoms with Gasteiger partial charge in [-0.15, -0.1) is 0 Å². The highest BCUT2D eigenvalue weighted by atomic mass is 79.9. The molecule has 2 aliphatic rings. The van der Waals surface area contributed by atoms with E-state index in [1.165, 1.54) is 12.5 Å². The van der Waals surface area contributed by atoms with Crippen LogP contribution in [0.2, 0.25) is 0 Å². The maximum atomic E-state index is 13.6. The lowest BCUT2D eigenvalue weighted by molar-refractivity contribution is 0.0728. The molecule has 1 aliphatic heterocycles. The molecule has 0 aromatic heterocycles. The zero-order chi connectivity index (χ0) is 14.1. The number of halogens is 2. The Morgan fingerprint density at radius 2 is 2.20 bits per heavy atom. The molecule has 1 aromatic rings. The van der Waals surface area contributed by atoms with Gasteiger partial charge in [0, 0.05) is 24.2 Å². The Labute approximate surface area is 126 Å². The predicted octanol–water partition coefficient (Wildman–Crippen LogP) is 2.94. The van der Waals surface area contributed by atoms with E-state index in [-0.39, 0.29) is 11.7 Å². The summed E-state index contributed by atoms with van der Waals surface area (Å²) in [5.74, 6) is -0.432. The number of rotatable bonds is 4. The van der Waals surface area contributed by atoms with Gasteiger partial charge in [0.05, 0.1) is 4.47 Å². The highest BCUT2D eigenvalue weighted by Gasteiger charge is 2.35. The highest BCUT2D eigenvalue weighted by molar-refractivity contribution is 9.10. The van der Waals surface area contributed by atoms with Crippen LogP contribution in [0.3, 0.4) is 0 Å². The van der Waals surface area contributed by atoms with Crippen molar-refractivity contribution in [1.29, 1.82) is 0 Å². The van der Waals surface area contributed by atoms with Gasteiger partial charge in [0.25, 0.3) is 5.91 Å². The van der Waals surface area contributed by atoms with Crippen molar-refractivity contribution in [3.05, 3.63) is 34.1 Å². The third kappa shape index (κ3) is 3.04. The second kappa shape index (κ2) is 5.82. The SMILES string of the molecule is O=C(c1ccc(Br)c(F)c1)N(CC1CCCN1)C1CC1. The van der Waals surface area contributed by atoms with E-state index in [9.17, 15) is 9.18 Å². The summed E-state index contributed by atoms with van der Waals surface area (Å²) < 4.78 is 14.0. The molecule has 1 aliphatic carbocycles. The average Bonchev–Trinajstić information content (AvgIpc) is 3.15. The minimum Gasteiger partial charge on any atom is -0.334 e. The molecule has 0 radical (unpaired) electrons. The molecule has 108 valence electrons. The lowest BCUT2D eigenvalue weighted by atomic mass is 10.1. The molecule has 3 rings (SSSR count). The van der Waals surface area contributed by atoms with E-state index in [1.807, 2.05) is 4.90 Å². The fraction of sp³-hybridized carbons (Fsp3) is 0.533. The Balaban J connectivity index is 1.75. The van der Waals surface area contributed by atoms with Gasteiger partial charge in [-0.1, -0.05) is 0 Å². The van der Waals surface area contributed by atoms with Gasteiger partial charge >= 0.3 is 0 Å². The Morgan fingerprint density at radius 1 is 1.40 bits per heavy atom. The van der Waals surface area contributed by atoms with Crippen LogP contribution in [0.25, 0.3) is 0 Å². The molecular formula is C15H18BrFN2O. The summed E-state index contributed by atoms with van der Waals surface area (Å²) in [5.41, 5.74) is 0.440. The maximum absolute atomic E-state index is 13.6. The van der Waals surface area contributed by atoms with Crippen LogP contribution < -0.4 is 5.32 Å². The van der Waals surface area contributed by atoms with Crippen LogP contribution in [0.15, 0.2) is 22.7 Å². The lowest BCUT2D eigenvalue weighted by Gasteiger charge is -2.26. The number of carbonyl (C=O) groups is 1. The number of nitrogens with zero attached hydrogens (tertiary/aromatic N) is 1. The normalized spacial score (nSPS) is 22.0. The quantitative estimate of drug-likeness (QED) is 0.913. The standard InChI is InChI=1S/C15H18BrFN2O/c16-13-6-3-10(8-14(13)17)15(20)19(12-4-5-12)9-11-2-1-7-18-11/h3,6,8,11-12,18H,1-2,4-5,7,9H2. The van der Waals surface area contributed by atoms with Crippen molar-refractivity contribution < 1.29 is 9.18 Å². The molecule has 0 spiro atoms. The number of carbonyl (C=O) groups excluding carboxylic acids is 1. The third-order valence-electron chi connectivity index (χ3n) is 3.99. The Bertz CT molecular complexity index is 513. The van der Waals surface area contributed by atoms with E-state index in [4.69, 9.17) is 0 Å². The fourth-order valence-electron chi connectivity index (χ4n) is 2.73. The Kier molecular flexibility index (Phi) is 4.08. The summed E-state index contributed by atoms with van der Waals surface area (Å²) in [7, 11) is 0. The molecule has 1 N–H and O–H groups in total. The Morgan fingerprint density at radius 3 is 2.80 bits per heavy atom. The van der Waals surface area contributed by atoms with E-state index in [0.29, 0.717) is 22.1 Å². The van der Waals surface area contributed by atoms with Crippen LogP contribution >= 0.6 is 15.9 Å². The zero-order valence-electron chi connectivity index (χ0n) is 11.2. The van der Waals surface area contributed by atoms with Crippen molar-refractivity contribution in [3.63, 3.8) is 0 Å². The molecule has 20 heavy (non-hydrogen) atoms. The zero-order valence-corrected chi connectivity index (χ0v) is 12.8. The summed E-state index contributed by atoms with van der Waals surface area (Å²) in [6, 6.07) is 5.34. The molecule has 1 saturated heterocycles. The van der Waals surface area contributed by atoms with Gasteiger partial charge in [0.15, 0.2) is 0 Å². The van der Waals surface area contributed by atoms with E-state index in [2.05, 4.69) is 21.2 Å². The first-order valence-corrected chi connectivity index (χ1v) is 7.94. The van der Waals surface area contributed by atoms with Gasteiger partial charge in [-0.05, 0) is 66.4 Å². The minimum absolute atomic E-state index is 0.0485. The predicted molar refractivity (Wildman–Crippen MR) is 79.2 cm³/mol. The third-order valence-corrected chi connectivity index (χ3v) is 4.64. The smallest absolute Gasteiger partial charge is 0.254 e. The van der Waals surface area contributed by atoms with Crippen LogP contribution in [-0.2, 0) is 0 Å². The van der Waals surface area contributed by atoms with Crippen molar-refractivity contribution >= 4 is 21.8 Å². The molecule has 2 fully saturated rings. The van der Waals surface area contributed by atoms with Crippen LogP contribution in [0, 0.1) is 5.82 Å². The number of amides is 1. The monoisotopic (exact) mass is 340 g/mol. The number of hydrogen-bond donors (Lipinski definition) is 1. The molecule has 1 heterocycles. The largest absolute Gasteiger partial charge is 0.334 e. The highest BCUT2D eigenvalue weighted by Crippen LogP contribution is 2.29. The van der Waals surface area contributed by atoms with Gasteiger partial charge in [0.2, 0.25) is 0 Å². The first-order chi connectivity index (χ1) is 9.65.